The zero-order valence-electron chi connectivity index (χ0n) is 8.53. The van der Waals surface area contributed by atoms with Crippen LogP contribution in [-0.2, 0) is 14.1 Å². The van der Waals surface area contributed by atoms with Crippen molar-refractivity contribution in [2.45, 2.75) is 20.8 Å². The smallest absolute Gasteiger partial charge is 0.302 e. The zero-order chi connectivity index (χ0) is 9.72. The van der Waals surface area contributed by atoms with Gasteiger partial charge in [0.05, 0.1) is 0 Å². The Labute approximate surface area is 73.6 Å². The Hall–Kier alpha value is -0.990. The summed E-state index contributed by atoms with van der Waals surface area (Å²) < 4.78 is 3.06. The Kier molecular flexibility index (Phi) is 4.40. The first-order chi connectivity index (χ1) is 5.45. The highest BCUT2D eigenvalue weighted by Crippen LogP contribution is 1.81. The van der Waals surface area contributed by atoms with E-state index in [-0.39, 0.29) is 5.69 Å². The molecule has 0 atom stereocenters. The summed E-state index contributed by atoms with van der Waals surface area (Å²) in [6.07, 6.45) is 3.45. The van der Waals surface area contributed by atoms with Crippen LogP contribution in [0.2, 0.25) is 0 Å². The van der Waals surface area contributed by atoms with Crippen LogP contribution in [0.25, 0.3) is 0 Å². The Bertz CT molecular complexity index is 245. The van der Waals surface area contributed by atoms with Crippen molar-refractivity contribution in [3.63, 3.8) is 0 Å². The number of hydrogen-bond acceptors (Lipinski definition) is 1. The van der Waals surface area contributed by atoms with E-state index in [0.717, 1.165) is 5.92 Å². The van der Waals surface area contributed by atoms with Gasteiger partial charge < -0.3 is 9.13 Å². The van der Waals surface area contributed by atoms with Crippen LogP contribution >= 0.6 is 0 Å². The second-order valence-corrected chi connectivity index (χ2v) is 3.53. The molecule has 0 fully saturated rings. The van der Waals surface area contributed by atoms with E-state index in [1.54, 1.807) is 26.5 Å². The van der Waals surface area contributed by atoms with Crippen LogP contribution in [0, 0.1) is 5.92 Å². The molecular weight excluding hydrogens is 152 g/mol. The summed E-state index contributed by atoms with van der Waals surface area (Å²) in [6.45, 7) is 6.50. The molecule has 1 rings (SSSR count). The molecule has 0 aromatic carbocycles. The molecule has 70 valence electrons. The molecule has 0 aliphatic rings. The maximum atomic E-state index is 10.7. The lowest BCUT2D eigenvalue weighted by molar-refractivity contribution is 0.737. The highest BCUT2D eigenvalue weighted by atomic mass is 16.1. The van der Waals surface area contributed by atoms with Crippen molar-refractivity contribution in [2.24, 2.45) is 20.0 Å². The lowest BCUT2D eigenvalue weighted by atomic mass is 10.3. The average molecular weight is 170 g/mol. The summed E-state index contributed by atoms with van der Waals surface area (Å²) in [6, 6.07) is 0. The molecular formula is C9H18N2O. The Balaban J connectivity index is 0.000000261. The van der Waals surface area contributed by atoms with Gasteiger partial charge in [-0.15, -0.1) is 0 Å². The maximum Gasteiger partial charge on any atom is 0.327 e. The molecule has 1 aromatic rings. The number of nitrogens with zero attached hydrogens (tertiary/aromatic N) is 2. The molecule has 3 heteroatoms. The Morgan fingerprint density at radius 2 is 1.33 bits per heavy atom. The minimum atomic E-state index is 0.0185. The van der Waals surface area contributed by atoms with Crippen LogP contribution in [0.3, 0.4) is 0 Å². The van der Waals surface area contributed by atoms with Crippen LogP contribution in [0.4, 0.5) is 0 Å². The first-order valence-corrected chi connectivity index (χ1v) is 4.13. The van der Waals surface area contributed by atoms with Gasteiger partial charge in [0, 0.05) is 26.5 Å². The van der Waals surface area contributed by atoms with Crippen molar-refractivity contribution in [1.82, 2.24) is 9.13 Å². The molecule has 0 aliphatic heterocycles. The molecule has 0 saturated carbocycles. The lowest BCUT2D eigenvalue weighted by Crippen LogP contribution is -2.18. The van der Waals surface area contributed by atoms with E-state index in [2.05, 4.69) is 20.8 Å². The molecule has 1 aromatic heterocycles. The van der Waals surface area contributed by atoms with E-state index < -0.39 is 0 Å². The monoisotopic (exact) mass is 170 g/mol. The summed E-state index contributed by atoms with van der Waals surface area (Å²) in [5.74, 6) is 0.833. The first-order valence-electron chi connectivity index (χ1n) is 4.13. The summed E-state index contributed by atoms with van der Waals surface area (Å²) >= 11 is 0. The lowest BCUT2D eigenvalue weighted by Gasteiger charge is -1.82. The fourth-order valence-electron chi connectivity index (χ4n) is 0.576. The van der Waals surface area contributed by atoms with Gasteiger partial charge in [-0.2, -0.15) is 0 Å². The minimum Gasteiger partial charge on any atom is -0.302 e. The summed E-state index contributed by atoms with van der Waals surface area (Å²) in [5, 5.41) is 0. The molecule has 0 aliphatic carbocycles. The van der Waals surface area contributed by atoms with Gasteiger partial charge in [0.25, 0.3) is 0 Å². The van der Waals surface area contributed by atoms with Crippen molar-refractivity contribution in [3.05, 3.63) is 22.9 Å². The standard InChI is InChI=1S/C5H8N2O.C4H10/c1-6-3-4-7(2)5(6)8;1-4(2)3/h3-4H,1-2H3;4H,1-3H3. The van der Waals surface area contributed by atoms with Gasteiger partial charge in [0.2, 0.25) is 0 Å². The number of imidazole rings is 1. The molecule has 12 heavy (non-hydrogen) atoms. The molecule has 0 amide bonds. The molecule has 0 N–H and O–H groups in total. The van der Waals surface area contributed by atoms with Crippen molar-refractivity contribution < 1.29 is 0 Å². The molecule has 0 saturated heterocycles. The largest absolute Gasteiger partial charge is 0.327 e. The molecule has 1 heterocycles. The average Bonchev–Trinajstić information content (AvgIpc) is 2.19. The minimum absolute atomic E-state index is 0.0185. The predicted molar refractivity (Wildman–Crippen MR) is 51.2 cm³/mol. The van der Waals surface area contributed by atoms with Gasteiger partial charge in [-0.1, -0.05) is 20.8 Å². The van der Waals surface area contributed by atoms with Gasteiger partial charge in [-0.3, -0.25) is 0 Å². The molecule has 0 unspecified atom stereocenters. The van der Waals surface area contributed by atoms with Crippen LogP contribution in [-0.4, -0.2) is 9.13 Å². The molecule has 0 spiro atoms. The van der Waals surface area contributed by atoms with E-state index in [4.69, 9.17) is 0 Å². The maximum absolute atomic E-state index is 10.7. The van der Waals surface area contributed by atoms with Gasteiger partial charge in [0.15, 0.2) is 0 Å². The van der Waals surface area contributed by atoms with E-state index in [0.29, 0.717) is 0 Å². The summed E-state index contributed by atoms with van der Waals surface area (Å²) in [4.78, 5) is 10.7. The van der Waals surface area contributed by atoms with E-state index in [9.17, 15) is 4.79 Å². The Morgan fingerprint density at radius 3 is 1.42 bits per heavy atom. The highest BCUT2D eigenvalue weighted by molar-refractivity contribution is 4.76. The summed E-state index contributed by atoms with van der Waals surface area (Å²) in [5.41, 5.74) is 0.0185. The number of aromatic nitrogens is 2. The summed E-state index contributed by atoms with van der Waals surface area (Å²) in [7, 11) is 3.45. The fraction of sp³-hybridized carbons (Fsp3) is 0.667. The van der Waals surface area contributed by atoms with E-state index >= 15 is 0 Å². The van der Waals surface area contributed by atoms with E-state index in [1.165, 1.54) is 9.13 Å². The van der Waals surface area contributed by atoms with Gasteiger partial charge in [-0.25, -0.2) is 4.79 Å². The number of hydrogen-bond donors (Lipinski definition) is 0. The van der Waals surface area contributed by atoms with Crippen molar-refractivity contribution in [3.8, 4) is 0 Å². The van der Waals surface area contributed by atoms with E-state index in [1.807, 2.05) is 0 Å². The second kappa shape index (κ2) is 4.80. The van der Waals surface area contributed by atoms with Crippen molar-refractivity contribution in [2.75, 3.05) is 0 Å². The van der Waals surface area contributed by atoms with Crippen LogP contribution in [0.5, 0.6) is 0 Å². The Morgan fingerprint density at radius 1 is 1.08 bits per heavy atom. The third-order valence-corrected chi connectivity index (χ3v) is 1.12. The van der Waals surface area contributed by atoms with Crippen molar-refractivity contribution in [1.29, 1.82) is 0 Å². The SMILES string of the molecule is CC(C)C.Cn1ccn(C)c1=O. The molecule has 0 bridgehead atoms. The normalized spacial score (nSPS) is 9.50. The number of rotatable bonds is 0. The zero-order valence-corrected chi connectivity index (χ0v) is 8.53. The van der Waals surface area contributed by atoms with Crippen LogP contribution in [0.1, 0.15) is 20.8 Å². The third kappa shape index (κ3) is 4.01. The first kappa shape index (κ1) is 11.0. The third-order valence-electron chi connectivity index (χ3n) is 1.12. The van der Waals surface area contributed by atoms with Crippen LogP contribution < -0.4 is 5.69 Å². The van der Waals surface area contributed by atoms with Crippen molar-refractivity contribution >= 4 is 0 Å². The quantitative estimate of drug-likeness (QED) is 0.578. The highest BCUT2D eigenvalue weighted by Gasteiger charge is 1.89. The van der Waals surface area contributed by atoms with Gasteiger partial charge in [-0.05, 0) is 5.92 Å². The molecule has 3 nitrogen and oxygen atoms in total. The van der Waals surface area contributed by atoms with Gasteiger partial charge in [0.1, 0.15) is 0 Å². The molecule has 0 radical (unpaired) electrons. The van der Waals surface area contributed by atoms with Gasteiger partial charge >= 0.3 is 5.69 Å². The predicted octanol–water partition coefficient (Wildman–Crippen LogP) is 1.39. The second-order valence-electron chi connectivity index (χ2n) is 3.53. The topological polar surface area (TPSA) is 26.9 Å². The number of aryl methyl sites for hydroxylation is 2. The fourth-order valence-corrected chi connectivity index (χ4v) is 0.576. The van der Waals surface area contributed by atoms with Crippen LogP contribution in [0.15, 0.2) is 17.2 Å².